The third kappa shape index (κ3) is 2.15. The van der Waals surface area contributed by atoms with E-state index in [1.54, 1.807) is 12.1 Å². The van der Waals surface area contributed by atoms with Gasteiger partial charge in [-0.2, -0.15) is 0 Å². The summed E-state index contributed by atoms with van der Waals surface area (Å²) in [5, 5.41) is 1.38. The zero-order valence-electron chi connectivity index (χ0n) is 11.4. The SMILES string of the molecule is CCOC1(C(=O)c2cc3cccc(Cl)c3o2)CCCC1. The van der Waals surface area contributed by atoms with Gasteiger partial charge < -0.3 is 9.15 Å². The average Bonchev–Trinajstić information content (AvgIpc) is 3.06. The zero-order valence-corrected chi connectivity index (χ0v) is 12.2. The minimum atomic E-state index is -0.699. The molecule has 2 aromatic rings. The Hall–Kier alpha value is -1.32. The number of ether oxygens (including phenoxy) is 1. The number of Topliss-reactive ketones (excluding diaryl/α,β-unsaturated/α-hetero) is 1. The van der Waals surface area contributed by atoms with E-state index < -0.39 is 5.60 Å². The Balaban J connectivity index is 2.01. The van der Waals surface area contributed by atoms with Crippen LogP contribution in [0.4, 0.5) is 0 Å². The summed E-state index contributed by atoms with van der Waals surface area (Å²) in [5.74, 6) is 0.299. The molecule has 1 aromatic heterocycles. The van der Waals surface area contributed by atoms with Crippen LogP contribution in [0, 0.1) is 0 Å². The van der Waals surface area contributed by atoms with E-state index in [1.807, 2.05) is 19.1 Å². The van der Waals surface area contributed by atoms with Crippen molar-refractivity contribution >= 4 is 28.4 Å². The summed E-state index contributed by atoms with van der Waals surface area (Å²) in [6.07, 6.45) is 3.58. The van der Waals surface area contributed by atoms with Crippen LogP contribution in [0.2, 0.25) is 5.02 Å². The fraction of sp³-hybridized carbons (Fsp3) is 0.438. The van der Waals surface area contributed by atoms with Gasteiger partial charge in [0.15, 0.2) is 11.3 Å². The molecule has 3 nitrogen and oxygen atoms in total. The number of carbonyl (C=O) groups excluding carboxylic acids is 1. The smallest absolute Gasteiger partial charge is 0.229 e. The van der Waals surface area contributed by atoms with Gasteiger partial charge >= 0.3 is 0 Å². The number of benzene rings is 1. The van der Waals surface area contributed by atoms with Crippen LogP contribution in [0.5, 0.6) is 0 Å². The number of rotatable bonds is 4. The lowest BCUT2D eigenvalue weighted by Gasteiger charge is -2.26. The van der Waals surface area contributed by atoms with E-state index in [0.717, 1.165) is 31.1 Å². The molecule has 0 aliphatic heterocycles. The second kappa shape index (κ2) is 5.23. The number of ketones is 1. The molecular formula is C16H17ClO3. The third-order valence-electron chi connectivity index (χ3n) is 3.97. The van der Waals surface area contributed by atoms with Crippen LogP contribution in [-0.2, 0) is 4.74 Å². The van der Waals surface area contributed by atoms with Gasteiger partial charge in [-0.05, 0) is 44.7 Å². The van der Waals surface area contributed by atoms with Crippen molar-refractivity contribution in [3.63, 3.8) is 0 Å². The van der Waals surface area contributed by atoms with Crippen molar-refractivity contribution in [3.05, 3.63) is 35.0 Å². The normalized spacial score (nSPS) is 17.7. The van der Waals surface area contributed by atoms with Gasteiger partial charge in [0.05, 0.1) is 5.02 Å². The summed E-state index contributed by atoms with van der Waals surface area (Å²) in [6.45, 7) is 2.45. The van der Waals surface area contributed by atoms with Crippen LogP contribution in [0.3, 0.4) is 0 Å². The van der Waals surface area contributed by atoms with E-state index in [0.29, 0.717) is 23.0 Å². The summed E-state index contributed by atoms with van der Waals surface area (Å²) in [7, 11) is 0. The first-order chi connectivity index (χ1) is 9.66. The zero-order chi connectivity index (χ0) is 14.2. The Morgan fingerprint density at radius 3 is 2.80 bits per heavy atom. The van der Waals surface area contributed by atoms with E-state index in [2.05, 4.69) is 0 Å². The van der Waals surface area contributed by atoms with Gasteiger partial charge in [0, 0.05) is 12.0 Å². The Morgan fingerprint density at radius 1 is 1.40 bits per heavy atom. The van der Waals surface area contributed by atoms with Crippen molar-refractivity contribution < 1.29 is 13.9 Å². The van der Waals surface area contributed by atoms with E-state index in [4.69, 9.17) is 20.8 Å². The summed E-state index contributed by atoms with van der Waals surface area (Å²) >= 11 is 6.09. The summed E-state index contributed by atoms with van der Waals surface area (Å²) in [5.41, 5.74) is -0.128. The first-order valence-electron chi connectivity index (χ1n) is 7.03. The molecule has 0 bridgehead atoms. The van der Waals surface area contributed by atoms with Crippen LogP contribution >= 0.6 is 11.6 Å². The molecule has 1 aliphatic carbocycles. The minimum Gasteiger partial charge on any atom is -0.451 e. The van der Waals surface area contributed by atoms with Gasteiger partial charge in [0.1, 0.15) is 5.60 Å². The molecule has 0 atom stereocenters. The Labute approximate surface area is 122 Å². The van der Waals surface area contributed by atoms with Gasteiger partial charge in [-0.25, -0.2) is 0 Å². The number of fused-ring (bicyclic) bond motifs is 1. The number of furan rings is 1. The highest BCUT2D eigenvalue weighted by molar-refractivity contribution is 6.34. The molecule has 0 N–H and O–H groups in total. The maximum Gasteiger partial charge on any atom is 0.229 e. The van der Waals surface area contributed by atoms with Gasteiger partial charge in [-0.1, -0.05) is 23.7 Å². The van der Waals surface area contributed by atoms with Crippen LogP contribution < -0.4 is 0 Å². The molecule has 106 valence electrons. The lowest BCUT2D eigenvalue weighted by atomic mass is 9.94. The topological polar surface area (TPSA) is 39.4 Å². The van der Waals surface area contributed by atoms with E-state index in [-0.39, 0.29) is 5.78 Å². The molecule has 1 heterocycles. The summed E-state index contributed by atoms with van der Waals surface area (Å²) in [4.78, 5) is 12.8. The van der Waals surface area contributed by atoms with Crippen molar-refractivity contribution in [3.8, 4) is 0 Å². The van der Waals surface area contributed by atoms with E-state index in [9.17, 15) is 4.79 Å². The molecule has 0 unspecified atom stereocenters. The highest BCUT2D eigenvalue weighted by atomic mass is 35.5. The Morgan fingerprint density at radius 2 is 2.15 bits per heavy atom. The quantitative estimate of drug-likeness (QED) is 0.772. The van der Waals surface area contributed by atoms with Crippen LogP contribution in [0.1, 0.15) is 43.2 Å². The minimum absolute atomic E-state index is 0.0517. The molecule has 0 spiro atoms. The molecule has 0 amide bonds. The fourth-order valence-corrected chi connectivity index (χ4v) is 3.24. The van der Waals surface area contributed by atoms with Crippen molar-refractivity contribution in [1.29, 1.82) is 0 Å². The second-order valence-corrected chi connectivity index (χ2v) is 5.64. The number of para-hydroxylation sites is 1. The van der Waals surface area contributed by atoms with Crippen molar-refractivity contribution in [2.24, 2.45) is 0 Å². The molecular weight excluding hydrogens is 276 g/mol. The van der Waals surface area contributed by atoms with Gasteiger partial charge in [0.25, 0.3) is 0 Å². The predicted octanol–water partition coefficient (Wildman–Crippen LogP) is 4.62. The maximum absolute atomic E-state index is 12.8. The molecule has 1 saturated carbocycles. The third-order valence-corrected chi connectivity index (χ3v) is 4.26. The summed E-state index contributed by atoms with van der Waals surface area (Å²) < 4.78 is 11.5. The van der Waals surface area contributed by atoms with Gasteiger partial charge in [0.2, 0.25) is 5.78 Å². The lowest BCUT2D eigenvalue weighted by molar-refractivity contribution is -0.0180. The standard InChI is InChI=1S/C16H17ClO3/c1-2-19-16(8-3-4-9-16)15(18)13-10-11-6-5-7-12(17)14(11)20-13/h5-7,10H,2-4,8-9H2,1H3. The molecule has 0 radical (unpaired) electrons. The average molecular weight is 293 g/mol. The first-order valence-corrected chi connectivity index (χ1v) is 7.41. The molecule has 1 aromatic carbocycles. The van der Waals surface area contributed by atoms with Crippen molar-refractivity contribution in [2.75, 3.05) is 6.61 Å². The number of halogens is 1. The molecule has 1 aliphatic rings. The van der Waals surface area contributed by atoms with Gasteiger partial charge in [-0.3, -0.25) is 4.79 Å². The van der Waals surface area contributed by atoms with E-state index >= 15 is 0 Å². The molecule has 20 heavy (non-hydrogen) atoms. The van der Waals surface area contributed by atoms with Crippen molar-refractivity contribution in [1.82, 2.24) is 0 Å². The van der Waals surface area contributed by atoms with E-state index in [1.165, 1.54) is 0 Å². The lowest BCUT2D eigenvalue weighted by Crippen LogP contribution is -2.38. The number of hydrogen-bond acceptors (Lipinski definition) is 3. The van der Waals surface area contributed by atoms with Crippen molar-refractivity contribution in [2.45, 2.75) is 38.2 Å². The number of hydrogen-bond donors (Lipinski definition) is 0. The van der Waals surface area contributed by atoms with Crippen LogP contribution in [0.15, 0.2) is 28.7 Å². The van der Waals surface area contributed by atoms with Crippen LogP contribution in [-0.4, -0.2) is 18.0 Å². The molecule has 1 fully saturated rings. The monoisotopic (exact) mass is 292 g/mol. The van der Waals surface area contributed by atoms with Crippen LogP contribution in [0.25, 0.3) is 11.0 Å². The highest BCUT2D eigenvalue weighted by Crippen LogP contribution is 2.38. The molecule has 3 rings (SSSR count). The predicted molar refractivity (Wildman–Crippen MR) is 78.4 cm³/mol. The van der Waals surface area contributed by atoms with Gasteiger partial charge in [-0.15, -0.1) is 0 Å². The molecule has 0 saturated heterocycles. The molecule has 4 heteroatoms. The summed E-state index contributed by atoms with van der Waals surface area (Å²) in [6, 6.07) is 7.27. The highest BCUT2D eigenvalue weighted by Gasteiger charge is 2.43. The number of carbonyl (C=O) groups is 1. The Bertz CT molecular complexity index is 638. The fourth-order valence-electron chi connectivity index (χ4n) is 3.02. The Kier molecular flexibility index (Phi) is 3.57. The first kappa shape index (κ1) is 13.7. The second-order valence-electron chi connectivity index (χ2n) is 5.23. The largest absolute Gasteiger partial charge is 0.451 e. The maximum atomic E-state index is 12.8.